The molecule has 28 heavy (non-hydrogen) atoms. The van der Waals surface area contributed by atoms with Crippen LogP contribution >= 0.6 is 0 Å². The van der Waals surface area contributed by atoms with Gasteiger partial charge in [0.05, 0.1) is 4.90 Å². The number of carbonyl (C=O) groups is 2. The van der Waals surface area contributed by atoms with Gasteiger partial charge in [0.1, 0.15) is 7.05 Å². The Kier molecular flexibility index (Phi) is 4.28. The molecule has 0 radical (unpaired) electrons. The fourth-order valence-electron chi connectivity index (χ4n) is 3.24. The molecule has 2 aromatic carbocycles. The molecule has 2 aromatic rings. The standard InChI is InChI=1S/C20H21N3O4S/c1-20(10-11-20)21-28(26,27)15-8-9-16-17(12-15)22(2)18(24)19(25)23(16)13-14-6-4-3-5-7-14/h3-9,12,21H,10-11,13H2,1-2H3/q+2. The minimum atomic E-state index is -3.71. The molecule has 0 saturated heterocycles. The van der Waals surface area contributed by atoms with Crippen LogP contribution in [0.15, 0.2) is 53.4 Å². The number of hydrogen-bond acceptors (Lipinski definition) is 4. The summed E-state index contributed by atoms with van der Waals surface area (Å²) in [7, 11) is -2.23. The first-order valence-corrected chi connectivity index (χ1v) is 10.5. The Labute approximate surface area is 162 Å². The van der Waals surface area contributed by atoms with Gasteiger partial charge in [-0.1, -0.05) is 30.3 Å². The van der Waals surface area contributed by atoms with Crippen LogP contribution in [0.2, 0.25) is 0 Å². The molecule has 7 nitrogen and oxygen atoms in total. The van der Waals surface area contributed by atoms with Gasteiger partial charge < -0.3 is 0 Å². The van der Waals surface area contributed by atoms with Gasteiger partial charge in [-0.3, -0.25) is 0 Å². The molecule has 0 unspecified atom stereocenters. The Morgan fingerprint density at radius 2 is 1.68 bits per heavy atom. The van der Waals surface area contributed by atoms with E-state index in [4.69, 9.17) is 0 Å². The van der Waals surface area contributed by atoms with Gasteiger partial charge in [-0.2, -0.15) is 0 Å². The van der Waals surface area contributed by atoms with Gasteiger partial charge in [-0.25, -0.2) is 22.7 Å². The summed E-state index contributed by atoms with van der Waals surface area (Å²) in [6.07, 6.45) is 1.60. The Morgan fingerprint density at radius 1 is 1.00 bits per heavy atom. The zero-order valence-corrected chi connectivity index (χ0v) is 16.5. The molecule has 1 aliphatic carbocycles. The minimum absolute atomic E-state index is 0.0769. The summed E-state index contributed by atoms with van der Waals surface area (Å²) in [6, 6.07) is 13.8. The van der Waals surface area contributed by atoms with Crippen LogP contribution in [0.3, 0.4) is 0 Å². The van der Waals surface area contributed by atoms with Crippen molar-refractivity contribution in [1.82, 2.24) is 13.9 Å². The van der Waals surface area contributed by atoms with Gasteiger partial charge in [0, 0.05) is 23.2 Å². The molecule has 8 heteroatoms. The van der Waals surface area contributed by atoms with Crippen molar-refractivity contribution in [3.05, 3.63) is 64.8 Å². The van der Waals surface area contributed by atoms with E-state index >= 15 is 0 Å². The van der Waals surface area contributed by atoms with E-state index in [-0.39, 0.29) is 11.4 Å². The predicted octanol–water partition coefficient (Wildman–Crippen LogP) is -0.604. The van der Waals surface area contributed by atoms with Gasteiger partial charge in [0.2, 0.25) is 10.0 Å². The van der Waals surface area contributed by atoms with Crippen LogP contribution in [0.1, 0.15) is 25.3 Å². The van der Waals surface area contributed by atoms with Gasteiger partial charge in [0.15, 0.2) is 6.54 Å². The van der Waals surface area contributed by atoms with Crippen molar-refractivity contribution < 1.29 is 18.0 Å². The summed E-state index contributed by atoms with van der Waals surface area (Å²) in [5.41, 5.74) is 0.477. The number of rotatable bonds is 5. The van der Waals surface area contributed by atoms with E-state index in [2.05, 4.69) is 4.72 Å². The van der Waals surface area contributed by atoms with Crippen molar-refractivity contribution >= 4 is 21.8 Å². The SMILES string of the molecule is C[N+]1=c2cc(S(=O)(=O)NC3(C)CC3)ccc2=[N+](Cc2ccccc2)C(=O)C1=O. The van der Waals surface area contributed by atoms with Crippen LogP contribution < -0.4 is 24.6 Å². The molecule has 2 aliphatic rings. The third-order valence-electron chi connectivity index (χ3n) is 5.21. The summed E-state index contributed by atoms with van der Waals surface area (Å²) < 4.78 is 30.7. The second kappa shape index (κ2) is 6.42. The normalized spacial score (nSPS) is 18.2. The maximum absolute atomic E-state index is 12.7. The lowest BCUT2D eigenvalue weighted by atomic mass is 10.2. The average molecular weight is 399 g/mol. The third-order valence-corrected chi connectivity index (χ3v) is 6.84. The molecular formula is C20H21N3O4S+2. The third kappa shape index (κ3) is 3.29. The molecule has 1 N–H and O–H groups in total. The van der Waals surface area contributed by atoms with Crippen molar-refractivity contribution in [3.8, 4) is 0 Å². The Hall–Kier alpha value is -2.71. The smallest absolute Gasteiger partial charge is 0.207 e. The summed E-state index contributed by atoms with van der Waals surface area (Å²) in [5.74, 6) is -1.34. The van der Waals surface area contributed by atoms with Crippen molar-refractivity contribution in [3.63, 3.8) is 0 Å². The van der Waals surface area contributed by atoms with Crippen LogP contribution in [0.4, 0.5) is 0 Å². The molecule has 0 bridgehead atoms. The zero-order valence-electron chi connectivity index (χ0n) is 15.7. The summed E-state index contributed by atoms with van der Waals surface area (Å²) in [6.45, 7) is 2.09. The summed E-state index contributed by atoms with van der Waals surface area (Å²) >= 11 is 0. The lowest BCUT2D eigenvalue weighted by molar-refractivity contribution is -0.141. The number of likely N-dealkylation sites (N-methyl/N-ethyl adjacent to an activating group) is 1. The number of nitrogens with zero attached hydrogens (tertiary/aromatic N) is 2. The van der Waals surface area contributed by atoms with Crippen molar-refractivity contribution in [2.24, 2.45) is 0 Å². The molecule has 1 fully saturated rings. The van der Waals surface area contributed by atoms with Crippen LogP contribution in [0.25, 0.3) is 0 Å². The number of fused-ring (bicyclic) bond motifs is 1. The molecule has 0 aromatic heterocycles. The minimum Gasteiger partial charge on any atom is -0.207 e. The molecule has 2 amide bonds. The first-order valence-electron chi connectivity index (χ1n) is 9.02. The average Bonchev–Trinajstić information content (AvgIpc) is 3.39. The van der Waals surface area contributed by atoms with E-state index < -0.39 is 27.4 Å². The summed E-state index contributed by atoms with van der Waals surface area (Å²) in [4.78, 5) is 25.1. The molecule has 0 atom stereocenters. The number of carbonyl (C=O) groups excluding carboxylic acids is 2. The highest BCUT2D eigenvalue weighted by Crippen LogP contribution is 2.35. The molecule has 0 spiro atoms. The van der Waals surface area contributed by atoms with Crippen LogP contribution in [0.5, 0.6) is 0 Å². The van der Waals surface area contributed by atoms with E-state index in [1.807, 2.05) is 37.3 Å². The molecule has 144 valence electrons. The fourth-order valence-corrected chi connectivity index (χ4v) is 4.73. The first-order chi connectivity index (χ1) is 13.2. The lowest BCUT2D eigenvalue weighted by Gasteiger charge is -2.12. The molecule has 1 saturated carbocycles. The van der Waals surface area contributed by atoms with E-state index in [0.29, 0.717) is 10.7 Å². The monoisotopic (exact) mass is 399 g/mol. The molecular weight excluding hydrogens is 378 g/mol. The van der Waals surface area contributed by atoms with E-state index in [0.717, 1.165) is 18.4 Å². The number of nitrogens with one attached hydrogen (secondary N) is 1. The first kappa shape index (κ1) is 18.6. The number of benzene rings is 2. The predicted molar refractivity (Wildman–Crippen MR) is 102 cm³/mol. The Bertz CT molecular complexity index is 1230. The van der Waals surface area contributed by atoms with Crippen molar-refractivity contribution in [2.45, 2.75) is 36.7 Å². The Balaban J connectivity index is 1.88. The van der Waals surface area contributed by atoms with Gasteiger partial charge >= 0.3 is 11.8 Å². The highest BCUT2D eigenvalue weighted by Gasteiger charge is 2.43. The highest BCUT2D eigenvalue weighted by atomic mass is 32.2. The molecule has 4 rings (SSSR count). The number of hydrogen-bond donors (Lipinski definition) is 1. The lowest BCUT2D eigenvalue weighted by Crippen LogP contribution is -2.59. The van der Waals surface area contributed by atoms with Crippen molar-refractivity contribution in [1.29, 1.82) is 0 Å². The second-order valence-corrected chi connectivity index (χ2v) is 9.24. The van der Waals surface area contributed by atoms with Gasteiger partial charge in [-0.15, -0.1) is 9.15 Å². The Morgan fingerprint density at radius 3 is 2.32 bits per heavy atom. The largest absolute Gasteiger partial charge is 0.529 e. The van der Waals surface area contributed by atoms with E-state index in [9.17, 15) is 18.0 Å². The molecule has 1 aliphatic heterocycles. The van der Waals surface area contributed by atoms with E-state index in [1.54, 1.807) is 6.07 Å². The number of amides is 2. The van der Waals surface area contributed by atoms with Crippen LogP contribution in [-0.2, 0) is 26.2 Å². The quantitative estimate of drug-likeness (QED) is 0.537. The number of sulfonamides is 1. The van der Waals surface area contributed by atoms with Gasteiger partial charge in [-0.05, 0) is 25.8 Å². The van der Waals surface area contributed by atoms with Crippen LogP contribution in [-0.4, -0.2) is 32.8 Å². The second-order valence-electron chi connectivity index (χ2n) is 7.56. The highest BCUT2D eigenvalue weighted by molar-refractivity contribution is 7.89. The van der Waals surface area contributed by atoms with Gasteiger partial charge in [0.25, 0.3) is 10.7 Å². The topological polar surface area (TPSA) is 86.3 Å². The molecule has 1 heterocycles. The maximum Gasteiger partial charge on any atom is 0.529 e. The maximum atomic E-state index is 12.7. The summed E-state index contributed by atoms with van der Waals surface area (Å²) in [5, 5.41) is 0.900. The van der Waals surface area contributed by atoms with Crippen molar-refractivity contribution in [2.75, 3.05) is 7.05 Å². The van der Waals surface area contributed by atoms with Crippen LogP contribution in [0, 0.1) is 0 Å². The zero-order chi connectivity index (χ0) is 20.1. The van der Waals surface area contributed by atoms with E-state index in [1.165, 1.54) is 28.3 Å². The fraction of sp³-hybridized carbons (Fsp3) is 0.300.